The maximum atomic E-state index is 12.1. The van der Waals surface area contributed by atoms with Gasteiger partial charge in [-0.05, 0) is 6.07 Å². The fourth-order valence-electron chi connectivity index (χ4n) is 1.78. The van der Waals surface area contributed by atoms with Crippen molar-refractivity contribution in [2.75, 3.05) is 26.4 Å². The number of nitrogens with zero attached hydrogens (tertiary/aromatic N) is 1. The molecule has 1 atom stereocenters. The lowest BCUT2D eigenvalue weighted by atomic mass is 10.2. The summed E-state index contributed by atoms with van der Waals surface area (Å²) >= 11 is 0. The largest absolute Gasteiger partial charge is 0.394 e. The molecule has 1 saturated heterocycles. The van der Waals surface area contributed by atoms with Gasteiger partial charge >= 0.3 is 0 Å². The van der Waals surface area contributed by atoms with E-state index in [9.17, 15) is 9.59 Å². The van der Waals surface area contributed by atoms with Crippen LogP contribution >= 0.6 is 0 Å². The number of aromatic amines is 1. The van der Waals surface area contributed by atoms with Gasteiger partial charge in [0.25, 0.3) is 5.91 Å². The number of rotatable bonds is 2. The molecular weight excluding hydrogens is 224 g/mol. The van der Waals surface area contributed by atoms with Crippen molar-refractivity contribution in [2.45, 2.75) is 6.04 Å². The zero-order chi connectivity index (χ0) is 12.3. The lowest BCUT2D eigenvalue weighted by Crippen LogP contribution is -2.50. The summed E-state index contributed by atoms with van der Waals surface area (Å²) in [7, 11) is 0. The number of morpholine rings is 1. The van der Waals surface area contributed by atoms with E-state index < -0.39 is 0 Å². The summed E-state index contributed by atoms with van der Waals surface area (Å²) in [5, 5.41) is 9.17. The number of amides is 1. The Hall–Kier alpha value is -1.66. The van der Waals surface area contributed by atoms with Crippen molar-refractivity contribution in [2.24, 2.45) is 0 Å². The highest BCUT2D eigenvalue weighted by atomic mass is 16.5. The molecule has 92 valence electrons. The van der Waals surface area contributed by atoms with Crippen LogP contribution in [0.4, 0.5) is 0 Å². The third-order valence-corrected chi connectivity index (χ3v) is 2.73. The van der Waals surface area contributed by atoms with E-state index in [0.29, 0.717) is 25.3 Å². The van der Waals surface area contributed by atoms with Crippen molar-refractivity contribution >= 4 is 5.91 Å². The van der Waals surface area contributed by atoms with Crippen LogP contribution in [0.3, 0.4) is 0 Å². The Bertz CT molecular complexity index is 437. The first-order valence-corrected chi connectivity index (χ1v) is 5.40. The van der Waals surface area contributed by atoms with Crippen LogP contribution in [0, 0.1) is 0 Å². The molecule has 1 amide bonds. The van der Waals surface area contributed by atoms with Crippen LogP contribution in [0.1, 0.15) is 10.4 Å². The van der Waals surface area contributed by atoms with Crippen molar-refractivity contribution in [1.82, 2.24) is 9.88 Å². The lowest BCUT2D eigenvalue weighted by molar-refractivity contribution is -0.0184. The van der Waals surface area contributed by atoms with Crippen LogP contribution < -0.4 is 5.56 Å². The molecular formula is C11H14N2O4. The quantitative estimate of drug-likeness (QED) is 0.707. The highest BCUT2D eigenvalue weighted by Crippen LogP contribution is 2.11. The first-order chi connectivity index (χ1) is 8.22. The van der Waals surface area contributed by atoms with E-state index in [1.807, 2.05) is 0 Å². The lowest BCUT2D eigenvalue weighted by Gasteiger charge is -2.34. The zero-order valence-electron chi connectivity index (χ0n) is 9.26. The second-order valence-corrected chi connectivity index (χ2v) is 3.85. The monoisotopic (exact) mass is 238 g/mol. The number of aromatic nitrogens is 1. The molecule has 17 heavy (non-hydrogen) atoms. The molecule has 2 heterocycles. The molecule has 1 unspecified atom stereocenters. The Labute approximate surface area is 97.8 Å². The molecule has 1 aliphatic heterocycles. The summed E-state index contributed by atoms with van der Waals surface area (Å²) in [6.45, 7) is 1.12. The smallest absolute Gasteiger partial charge is 0.255 e. The summed E-state index contributed by atoms with van der Waals surface area (Å²) in [6.07, 6.45) is 1.38. The van der Waals surface area contributed by atoms with Crippen LogP contribution in [0.2, 0.25) is 0 Å². The maximum Gasteiger partial charge on any atom is 0.255 e. The molecule has 0 aromatic carbocycles. The van der Waals surface area contributed by atoms with Gasteiger partial charge in [0.1, 0.15) is 0 Å². The molecule has 6 heteroatoms. The minimum Gasteiger partial charge on any atom is -0.394 e. The average Bonchev–Trinajstić information content (AvgIpc) is 2.39. The van der Waals surface area contributed by atoms with E-state index in [1.165, 1.54) is 18.3 Å². The van der Waals surface area contributed by atoms with Crippen LogP contribution in [0.5, 0.6) is 0 Å². The van der Waals surface area contributed by atoms with Gasteiger partial charge in [0.15, 0.2) is 0 Å². The molecule has 0 saturated carbocycles. The van der Waals surface area contributed by atoms with E-state index in [4.69, 9.17) is 9.84 Å². The first kappa shape index (κ1) is 11.8. The standard InChI is InChI=1S/C11H14N2O4/c14-6-9-7-17-4-3-13(9)11(16)8-1-2-10(15)12-5-8/h1-2,5,9,14H,3-4,6-7H2,(H,12,15). The van der Waals surface area contributed by atoms with Gasteiger partial charge in [0.2, 0.25) is 5.56 Å². The molecule has 6 nitrogen and oxygen atoms in total. The van der Waals surface area contributed by atoms with Gasteiger partial charge < -0.3 is 19.7 Å². The van der Waals surface area contributed by atoms with Gasteiger partial charge in [-0.2, -0.15) is 0 Å². The molecule has 0 spiro atoms. The van der Waals surface area contributed by atoms with Gasteiger partial charge in [-0.25, -0.2) is 0 Å². The molecule has 0 radical (unpaired) electrons. The summed E-state index contributed by atoms with van der Waals surface area (Å²) in [4.78, 5) is 27.0. The van der Waals surface area contributed by atoms with Gasteiger partial charge in [0.05, 0.1) is 31.4 Å². The molecule has 1 aromatic rings. The SMILES string of the molecule is O=C(c1ccc(=O)[nH]c1)N1CCOCC1CO. The van der Waals surface area contributed by atoms with Gasteiger partial charge in [-0.3, -0.25) is 9.59 Å². The summed E-state index contributed by atoms with van der Waals surface area (Å²) < 4.78 is 5.20. The van der Waals surface area contributed by atoms with Crippen LogP contribution in [0.15, 0.2) is 23.1 Å². The predicted molar refractivity (Wildman–Crippen MR) is 59.8 cm³/mol. The number of carbonyl (C=O) groups excluding carboxylic acids is 1. The number of H-pyrrole nitrogens is 1. The minimum atomic E-state index is -0.317. The number of ether oxygens (including phenoxy) is 1. The molecule has 0 aliphatic carbocycles. The zero-order valence-corrected chi connectivity index (χ0v) is 9.26. The average molecular weight is 238 g/mol. The summed E-state index contributed by atoms with van der Waals surface area (Å²) in [6, 6.07) is 2.47. The van der Waals surface area contributed by atoms with Gasteiger partial charge in [-0.1, -0.05) is 0 Å². The number of nitrogens with one attached hydrogen (secondary N) is 1. The molecule has 1 aromatic heterocycles. The molecule has 0 bridgehead atoms. The second kappa shape index (κ2) is 5.11. The van der Waals surface area contributed by atoms with Gasteiger partial charge in [-0.15, -0.1) is 0 Å². The van der Waals surface area contributed by atoms with Crippen LogP contribution in [-0.4, -0.2) is 53.3 Å². The summed E-state index contributed by atoms with van der Waals surface area (Å²) in [5.41, 5.74) is 0.159. The predicted octanol–water partition coefficient (Wildman–Crippen LogP) is -0.792. The summed E-state index contributed by atoms with van der Waals surface area (Å²) in [5.74, 6) is -0.205. The molecule has 1 aliphatic rings. The number of aliphatic hydroxyl groups excluding tert-OH is 1. The Morgan fingerprint density at radius 3 is 3.06 bits per heavy atom. The fraction of sp³-hybridized carbons (Fsp3) is 0.455. The third-order valence-electron chi connectivity index (χ3n) is 2.73. The fourth-order valence-corrected chi connectivity index (χ4v) is 1.78. The Balaban J connectivity index is 2.18. The van der Waals surface area contributed by atoms with Crippen molar-refractivity contribution in [3.8, 4) is 0 Å². The van der Waals surface area contributed by atoms with E-state index in [0.717, 1.165) is 0 Å². The Morgan fingerprint density at radius 2 is 2.41 bits per heavy atom. The van der Waals surface area contributed by atoms with Gasteiger partial charge in [0, 0.05) is 18.8 Å². The minimum absolute atomic E-state index is 0.130. The number of hydrogen-bond acceptors (Lipinski definition) is 4. The highest BCUT2D eigenvalue weighted by Gasteiger charge is 2.27. The van der Waals surface area contributed by atoms with Crippen LogP contribution in [-0.2, 0) is 4.74 Å². The van der Waals surface area contributed by atoms with E-state index >= 15 is 0 Å². The maximum absolute atomic E-state index is 12.1. The Morgan fingerprint density at radius 1 is 1.59 bits per heavy atom. The molecule has 1 fully saturated rings. The topological polar surface area (TPSA) is 82.6 Å². The first-order valence-electron chi connectivity index (χ1n) is 5.40. The van der Waals surface area contributed by atoms with Crippen molar-refractivity contribution in [1.29, 1.82) is 0 Å². The molecule has 2 rings (SSSR count). The normalized spacial score (nSPS) is 20.3. The van der Waals surface area contributed by atoms with E-state index in [1.54, 1.807) is 4.90 Å². The number of carbonyl (C=O) groups is 1. The number of hydrogen-bond donors (Lipinski definition) is 2. The van der Waals surface area contributed by atoms with Crippen molar-refractivity contribution in [3.63, 3.8) is 0 Å². The van der Waals surface area contributed by atoms with E-state index in [-0.39, 0.29) is 24.1 Å². The second-order valence-electron chi connectivity index (χ2n) is 3.85. The number of aliphatic hydroxyl groups is 1. The third kappa shape index (κ3) is 2.54. The van der Waals surface area contributed by atoms with Crippen LogP contribution in [0.25, 0.3) is 0 Å². The van der Waals surface area contributed by atoms with E-state index in [2.05, 4.69) is 4.98 Å². The van der Waals surface area contributed by atoms with Crippen molar-refractivity contribution in [3.05, 3.63) is 34.2 Å². The Kier molecular flexibility index (Phi) is 3.55. The number of pyridine rings is 1. The highest BCUT2D eigenvalue weighted by molar-refractivity contribution is 5.94. The van der Waals surface area contributed by atoms with Crippen molar-refractivity contribution < 1.29 is 14.6 Å². The molecule has 2 N–H and O–H groups in total.